The molecule has 0 aliphatic heterocycles. The monoisotopic (exact) mass is 253 g/mol. The van der Waals surface area contributed by atoms with Gasteiger partial charge in [-0.15, -0.1) is 11.8 Å². The molecule has 1 aromatic carbocycles. The predicted octanol–water partition coefficient (Wildman–Crippen LogP) is 2.90. The molecule has 0 bridgehead atoms. The predicted molar refractivity (Wildman–Crippen MR) is 60.6 cm³/mol. The number of nitrogens with zero attached hydrogens (tertiary/aromatic N) is 1. The minimum Gasteiger partial charge on any atom is -0.475 e. The molecule has 0 unspecified atom stereocenters. The quantitative estimate of drug-likeness (QED) is 0.852. The van der Waals surface area contributed by atoms with Crippen LogP contribution in [0, 0.1) is 5.82 Å². The van der Waals surface area contributed by atoms with Crippen LogP contribution in [0.4, 0.5) is 4.39 Å². The van der Waals surface area contributed by atoms with E-state index in [1.165, 1.54) is 23.9 Å². The highest BCUT2D eigenvalue weighted by Gasteiger charge is 2.15. The van der Waals surface area contributed by atoms with E-state index in [4.69, 9.17) is 9.52 Å². The normalized spacial score (nSPS) is 10.5. The number of thioether (sulfide) groups is 1. The zero-order valence-electron chi connectivity index (χ0n) is 8.81. The van der Waals surface area contributed by atoms with Crippen molar-refractivity contribution in [3.8, 4) is 11.5 Å². The Hall–Kier alpha value is -1.82. The van der Waals surface area contributed by atoms with Crippen LogP contribution in [0.3, 0.4) is 0 Å². The van der Waals surface area contributed by atoms with Crippen molar-refractivity contribution in [2.24, 2.45) is 0 Å². The maximum atomic E-state index is 13.7. The first-order valence-corrected chi connectivity index (χ1v) is 5.87. The summed E-state index contributed by atoms with van der Waals surface area (Å²) in [5, 5.41) is 8.67. The topological polar surface area (TPSA) is 63.3 Å². The molecule has 17 heavy (non-hydrogen) atoms. The summed E-state index contributed by atoms with van der Waals surface area (Å²) in [5.74, 6) is -2.07. The van der Waals surface area contributed by atoms with Crippen molar-refractivity contribution in [3.05, 3.63) is 36.0 Å². The first-order valence-electron chi connectivity index (χ1n) is 4.65. The Kier molecular flexibility index (Phi) is 3.14. The van der Waals surface area contributed by atoms with Crippen LogP contribution < -0.4 is 0 Å². The van der Waals surface area contributed by atoms with Crippen molar-refractivity contribution < 1.29 is 18.7 Å². The second kappa shape index (κ2) is 4.58. The van der Waals surface area contributed by atoms with Gasteiger partial charge in [0.25, 0.3) is 0 Å². The van der Waals surface area contributed by atoms with Crippen LogP contribution in [0.2, 0.25) is 0 Å². The SMILES string of the molecule is CSc1ccc(-c2ncc(C(=O)O)o2)c(F)c1. The highest BCUT2D eigenvalue weighted by atomic mass is 32.2. The maximum absolute atomic E-state index is 13.7. The van der Waals surface area contributed by atoms with Gasteiger partial charge in [-0.2, -0.15) is 0 Å². The van der Waals surface area contributed by atoms with Gasteiger partial charge in [-0.25, -0.2) is 14.2 Å². The fourth-order valence-corrected chi connectivity index (χ4v) is 1.72. The van der Waals surface area contributed by atoms with Crippen molar-refractivity contribution in [2.45, 2.75) is 4.90 Å². The van der Waals surface area contributed by atoms with Crippen LogP contribution in [-0.2, 0) is 0 Å². The number of carboxylic acids is 1. The van der Waals surface area contributed by atoms with Crippen LogP contribution in [0.1, 0.15) is 10.6 Å². The third-order valence-electron chi connectivity index (χ3n) is 2.12. The standard InChI is InChI=1S/C11H8FNO3S/c1-17-6-2-3-7(8(12)4-6)10-13-5-9(16-10)11(14)15/h2-5H,1H3,(H,14,15). The van der Waals surface area contributed by atoms with Crippen LogP contribution >= 0.6 is 11.8 Å². The van der Waals surface area contributed by atoms with E-state index in [1.807, 2.05) is 6.26 Å². The van der Waals surface area contributed by atoms with E-state index in [0.29, 0.717) is 0 Å². The Labute approximate surface area is 100 Å². The Balaban J connectivity index is 2.42. The second-order valence-corrected chi connectivity index (χ2v) is 4.06. The number of carboxylic acid groups (broad SMARTS) is 1. The molecule has 6 heteroatoms. The molecule has 0 aliphatic carbocycles. The van der Waals surface area contributed by atoms with Gasteiger partial charge in [0.2, 0.25) is 11.7 Å². The van der Waals surface area contributed by atoms with Gasteiger partial charge < -0.3 is 9.52 Å². The maximum Gasteiger partial charge on any atom is 0.373 e. The van der Waals surface area contributed by atoms with Crippen molar-refractivity contribution in [2.75, 3.05) is 6.26 Å². The molecule has 1 N–H and O–H groups in total. The van der Waals surface area contributed by atoms with Crippen molar-refractivity contribution in [1.82, 2.24) is 4.98 Å². The molecule has 0 amide bonds. The van der Waals surface area contributed by atoms with E-state index >= 15 is 0 Å². The Morgan fingerprint density at radius 3 is 2.82 bits per heavy atom. The lowest BCUT2D eigenvalue weighted by molar-refractivity contribution is 0.0663. The molecule has 0 aliphatic rings. The first kappa shape index (κ1) is 11.7. The third kappa shape index (κ3) is 2.31. The van der Waals surface area contributed by atoms with Crippen LogP contribution in [0.15, 0.2) is 33.7 Å². The molecule has 2 aromatic rings. The number of rotatable bonds is 3. The lowest BCUT2D eigenvalue weighted by Gasteiger charge is -2.00. The molecular weight excluding hydrogens is 245 g/mol. The van der Waals surface area contributed by atoms with E-state index < -0.39 is 11.8 Å². The van der Waals surface area contributed by atoms with Crippen molar-refractivity contribution in [1.29, 1.82) is 0 Å². The largest absolute Gasteiger partial charge is 0.475 e. The number of halogens is 1. The third-order valence-corrected chi connectivity index (χ3v) is 2.85. The minimum atomic E-state index is -1.23. The van der Waals surface area contributed by atoms with Gasteiger partial charge in [-0.3, -0.25) is 0 Å². The van der Waals surface area contributed by atoms with E-state index in [1.54, 1.807) is 6.07 Å². The zero-order chi connectivity index (χ0) is 12.4. The summed E-state index contributed by atoms with van der Waals surface area (Å²) >= 11 is 1.41. The van der Waals surface area contributed by atoms with Gasteiger partial charge in [0.1, 0.15) is 5.82 Å². The minimum absolute atomic E-state index is 0.0347. The van der Waals surface area contributed by atoms with Crippen molar-refractivity contribution in [3.63, 3.8) is 0 Å². The smallest absolute Gasteiger partial charge is 0.373 e. The molecule has 0 radical (unpaired) electrons. The van der Waals surface area contributed by atoms with Gasteiger partial charge >= 0.3 is 5.97 Å². The van der Waals surface area contributed by atoms with Crippen LogP contribution in [0.5, 0.6) is 0 Å². The second-order valence-electron chi connectivity index (χ2n) is 3.18. The molecule has 2 rings (SSSR count). The van der Waals surface area contributed by atoms with E-state index in [2.05, 4.69) is 4.98 Å². The summed E-state index contributed by atoms with van der Waals surface area (Å²) in [6.45, 7) is 0. The molecule has 0 saturated heterocycles. The van der Waals surface area contributed by atoms with E-state index in [0.717, 1.165) is 11.1 Å². The van der Waals surface area contributed by atoms with E-state index in [-0.39, 0.29) is 17.2 Å². The highest BCUT2D eigenvalue weighted by molar-refractivity contribution is 7.98. The Morgan fingerprint density at radius 2 is 2.29 bits per heavy atom. The van der Waals surface area contributed by atoms with Gasteiger partial charge in [0.15, 0.2) is 0 Å². The number of oxazole rings is 1. The number of hydrogen-bond donors (Lipinski definition) is 1. The van der Waals surface area contributed by atoms with Gasteiger partial charge in [-0.1, -0.05) is 0 Å². The summed E-state index contributed by atoms with van der Waals surface area (Å²) in [6.07, 6.45) is 2.89. The van der Waals surface area contributed by atoms with E-state index in [9.17, 15) is 9.18 Å². The number of carbonyl (C=O) groups is 1. The van der Waals surface area contributed by atoms with Gasteiger partial charge in [0, 0.05) is 4.90 Å². The molecule has 4 nitrogen and oxygen atoms in total. The summed E-state index contributed by atoms with van der Waals surface area (Å²) < 4.78 is 18.6. The average Bonchev–Trinajstić information content (AvgIpc) is 2.78. The number of aromatic carboxylic acids is 1. The molecule has 0 saturated carbocycles. The summed E-state index contributed by atoms with van der Waals surface area (Å²) in [7, 11) is 0. The van der Waals surface area contributed by atoms with Crippen molar-refractivity contribution >= 4 is 17.7 Å². The Morgan fingerprint density at radius 1 is 1.53 bits per heavy atom. The molecule has 0 spiro atoms. The van der Waals surface area contributed by atoms with Crippen LogP contribution in [-0.4, -0.2) is 22.3 Å². The van der Waals surface area contributed by atoms with Crippen LogP contribution in [0.25, 0.3) is 11.5 Å². The average molecular weight is 253 g/mol. The molecule has 1 heterocycles. The Bertz CT molecular complexity index is 568. The molecule has 0 atom stereocenters. The lowest BCUT2D eigenvalue weighted by Crippen LogP contribution is -1.91. The molecular formula is C11H8FNO3S. The lowest BCUT2D eigenvalue weighted by atomic mass is 10.2. The summed E-state index contributed by atoms with van der Waals surface area (Å²) in [5.41, 5.74) is 0.148. The summed E-state index contributed by atoms with van der Waals surface area (Å²) in [4.78, 5) is 15.1. The number of aromatic nitrogens is 1. The highest BCUT2D eigenvalue weighted by Crippen LogP contribution is 2.26. The van der Waals surface area contributed by atoms with Gasteiger partial charge in [-0.05, 0) is 24.5 Å². The number of hydrogen-bond acceptors (Lipinski definition) is 4. The zero-order valence-corrected chi connectivity index (χ0v) is 9.62. The molecule has 1 aromatic heterocycles. The fraction of sp³-hybridized carbons (Fsp3) is 0.0909. The summed E-state index contributed by atoms with van der Waals surface area (Å²) in [6, 6.07) is 4.58. The number of benzene rings is 1. The molecule has 88 valence electrons. The first-order chi connectivity index (χ1) is 8.11. The molecule has 0 fully saturated rings. The fourth-order valence-electron chi connectivity index (χ4n) is 1.29. The van der Waals surface area contributed by atoms with Gasteiger partial charge in [0.05, 0.1) is 11.8 Å².